The van der Waals surface area contributed by atoms with E-state index in [2.05, 4.69) is 66.2 Å². The third-order valence-electron chi connectivity index (χ3n) is 2.15. The third kappa shape index (κ3) is 4.52. The van der Waals surface area contributed by atoms with Crippen molar-refractivity contribution < 1.29 is 0 Å². The van der Waals surface area contributed by atoms with Crippen molar-refractivity contribution in [1.82, 2.24) is 0 Å². The summed E-state index contributed by atoms with van der Waals surface area (Å²) >= 11 is -1.56. The monoisotopic (exact) mass is 305 g/mol. The van der Waals surface area contributed by atoms with Crippen LogP contribution in [-0.4, -0.2) is 19.8 Å². The van der Waals surface area contributed by atoms with E-state index < -0.39 is 19.8 Å². The van der Waals surface area contributed by atoms with Crippen LogP contribution in [0.2, 0.25) is 4.44 Å². The topological polar surface area (TPSA) is 0 Å². The molecular weight excluding hydrogens is 287 g/mol. The van der Waals surface area contributed by atoms with Gasteiger partial charge in [0, 0.05) is 0 Å². The molecule has 0 aromatic heterocycles. The Bertz CT molecular complexity index is 336. The molecule has 0 atom stereocenters. The Kier molecular flexibility index (Phi) is 6.17. The Labute approximate surface area is 99.8 Å². The summed E-state index contributed by atoms with van der Waals surface area (Å²) < 4.78 is 5.19. The molecule has 0 aliphatic carbocycles. The second-order valence-electron chi connectivity index (χ2n) is 3.26. The SMILES string of the molecule is C=C/C=[CH]/[Sn]([CH2]/C=C\C)[c]1ccccc1. The second kappa shape index (κ2) is 7.52. The fraction of sp³-hybridized carbons (Fsp3) is 0.143. The van der Waals surface area contributed by atoms with Crippen LogP contribution < -0.4 is 3.58 Å². The van der Waals surface area contributed by atoms with Gasteiger partial charge in [0.15, 0.2) is 0 Å². The second-order valence-corrected chi connectivity index (χ2v) is 10.0. The van der Waals surface area contributed by atoms with Crippen molar-refractivity contribution in [3.63, 3.8) is 0 Å². The molecule has 0 spiro atoms. The van der Waals surface area contributed by atoms with Crippen LogP contribution in [0.4, 0.5) is 0 Å². The average Bonchev–Trinajstić information content (AvgIpc) is 2.30. The number of hydrogen-bond donors (Lipinski definition) is 0. The van der Waals surface area contributed by atoms with E-state index >= 15 is 0 Å². The van der Waals surface area contributed by atoms with E-state index in [0.29, 0.717) is 0 Å². The molecule has 15 heavy (non-hydrogen) atoms. The van der Waals surface area contributed by atoms with Gasteiger partial charge in [0.1, 0.15) is 0 Å². The van der Waals surface area contributed by atoms with Crippen molar-refractivity contribution in [3.05, 3.63) is 65.3 Å². The average molecular weight is 304 g/mol. The summed E-state index contributed by atoms with van der Waals surface area (Å²) in [7, 11) is 0. The van der Waals surface area contributed by atoms with Crippen molar-refractivity contribution >= 4 is 23.3 Å². The summed E-state index contributed by atoms with van der Waals surface area (Å²) in [5, 5.41) is 0. The number of allylic oxidation sites excluding steroid dienone is 4. The summed E-state index contributed by atoms with van der Waals surface area (Å²) in [6, 6.07) is 10.9. The zero-order valence-electron chi connectivity index (χ0n) is 9.19. The van der Waals surface area contributed by atoms with Crippen LogP contribution >= 0.6 is 0 Å². The third-order valence-corrected chi connectivity index (χ3v) is 8.85. The van der Waals surface area contributed by atoms with Crippen LogP contribution in [0.5, 0.6) is 0 Å². The van der Waals surface area contributed by atoms with Gasteiger partial charge in [0.25, 0.3) is 0 Å². The molecule has 0 N–H and O–H groups in total. The van der Waals surface area contributed by atoms with E-state index in [1.54, 1.807) is 3.58 Å². The first kappa shape index (κ1) is 12.3. The van der Waals surface area contributed by atoms with Crippen molar-refractivity contribution in [3.8, 4) is 0 Å². The van der Waals surface area contributed by atoms with Gasteiger partial charge in [-0.1, -0.05) is 0 Å². The van der Waals surface area contributed by atoms with Crippen LogP contribution in [0.1, 0.15) is 6.92 Å². The number of benzene rings is 1. The van der Waals surface area contributed by atoms with Crippen LogP contribution in [0.15, 0.2) is 65.3 Å². The Morgan fingerprint density at radius 3 is 2.60 bits per heavy atom. The van der Waals surface area contributed by atoms with E-state index in [1.807, 2.05) is 6.08 Å². The van der Waals surface area contributed by atoms with Gasteiger partial charge in [0.2, 0.25) is 0 Å². The first-order valence-corrected chi connectivity index (χ1v) is 10.3. The molecule has 0 unspecified atom stereocenters. The van der Waals surface area contributed by atoms with Crippen molar-refractivity contribution in [2.75, 3.05) is 0 Å². The molecule has 1 radical (unpaired) electrons. The first-order chi connectivity index (χ1) is 7.38. The van der Waals surface area contributed by atoms with E-state index in [9.17, 15) is 0 Å². The molecule has 0 bridgehead atoms. The van der Waals surface area contributed by atoms with E-state index in [1.165, 1.54) is 4.44 Å². The molecular formula is C14H17Sn. The molecule has 0 aliphatic heterocycles. The molecule has 0 heterocycles. The van der Waals surface area contributed by atoms with Crippen LogP contribution in [0, 0.1) is 0 Å². The Morgan fingerprint density at radius 1 is 1.27 bits per heavy atom. The number of hydrogen-bond acceptors (Lipinski definition) is 0. The molecule has 0 nitrogen and oxygen atoms in total. The van der Waals surface area contributed by atoms with Crippen LogP contribution in [0.25, 0.3) is 0 Å². The molecule has 0 saturated heterocycles. The summed E-state index contributed by atoms with van der Waals surface area (Å²) in [5.41, 5.74) is 0. The van der Waals surface area contributed by atoms with Gasteiger partial charge in [-0.05, 0) is 0 Å². The Balaban J connectivity index is 2.80. The van der Waals surface area contributed by atoms with Gasteiger partial charge in [0.05, 0.1) is 0 Å². The standard InChI is InChI=1S/C6H5.C4H7.C4H5.Sn/c1-2-4-6-5-3-1;2*1-3-4-2;/h1-5H;3-4H,1H2,2H3;1,3-4H,2H2;/b;4-3-;;. The fourth-order valence-corrected chi connectivity index (χ4v) is 7.19. The summed E-state index contributed by atoms with van der Waals surface area (Å²) in [4.78, 5) is 0. The summed E-state index contributed by atoms with van der Waals surface area (Å²) in [5.74, 6) is 0. The molecule has 1 aromatic carbocycles. The van der Waals surface area contributed by atoms with E-state index in [4.69, 9.17) is 0 Å². The first-order valence-electron chi connectivity index (χ1n) is 5.20. The molecule has 77 valence electrons. The summed E-state index contributed by atoms with van der Waals surface area (Å²) in [6.45, 7) is 5.82. The maximum absolute atomic E-state index is 3.73. The van der Waals surface area contributed by atoms with E-state index in [-0.39, 0.29) is 0 Å². The minimum atomic E-state index is -1.56. The predicted octanol–water partition coefficient (Wildman–Crippen LogP) is 3.25. The van der Waals surface area contributed by atoms with Gasteiger partial charge in [-0.2, -0.15) is 0 Å². The molecule has 1 heteroatoms. The van der Waals surface area contributed by atoms with Gasteiger partial charge >= 0.3 is 100 Å². The van der Waals surface area contributed by atoms with Gasteiger partial charge in [-0.15, -0.1) is 0 Å². The van der Waals surface area contributed by atoms with Gasteiger partial charge in [-0.3, -0.25) is 0 Å². The predicted molar refractivity (Wildman–Crippen MR) is 70.8 cm³/mol. The minimum absolute atomic E-state index is 1.24. The quantitative estimate of drug-likeness (QED) is 0.445. The normalized spacial score (nSPS) is 11.6. The Morgan fingerprint density at radius 2 is 2.00 bits per heavy atom. The van der Waals surface area contributed by atoms with Crippen molar-refractivity contribution in [1.29, 1.82) is 0 Å². The molecule has 1 aromatic rings. The van der Waals surface area contributed by atoms with E-state index in [0.717, 1.165) is 0 Å². The van der Waals surface area contributed by atoms with Crippen LogP contribution in [0.3, 0.4) is 0 Å². The molecule has 0 fully saturated rings. The molecule has 1 rings (SSSR count). The summed E-state index contributed by atoms with van der Waals surface area (Å²) in [6.07, 6.45) is 8.41. The fourth-order valence-electron chi connectivity index (χ4n) is 1.36. The van der Waals surface area contributed by atoms with Crippen molar-refractivity contribution in [2.45, 2.75) is 11.4 Å². The number of rotatable bonds is 5. The molecule has 0 amide bonds. The maximum atomic E-state index is 3.73. The zero-order chi connectivity index (χ0) is 10.9. The van der Waals surface area contributed by atoms with Gasteiger partial charge < -0.3 is 0 Å². The molecule has 0 aliphatic rings. The Hall–Kier alpha value is -0.761. The van der Waals surface area contributed by atoms with Crippen molar-refractivity contribution in [2.24, 2.45) is 0 Å². The zero-order valence-corrected chi connectivity index (χ0v) is 12.0. The molecule has 0 saturated carbocycles. The van der Waals surface area contributed by atoms with Gasteiger partial charge in [-0.25, -0.2) is 0 Å². The van der Waals surface area contributed by atoms with Crippen LogP contribution in [-0.2, 0) is 0 Å².